The largest absolute Gasteiger partial charge is 0.497 e. The first kappa shape index (κ1) is 13.2. The second-order valence-corrected chi connectivity index (χ2v) is 4.39. The first-order valence-electron chi connectivity index (χ1n) is 5.75. The Morgan fingerprint density at radius 2 is 1.74 bits per heavy atom. The number of nitrogens with zero attached hydrogens (tertiary/aromatic N) is 1. The minimum absolute atomic E-state index is 0.602. The molecule has 2 rings (SSSR count). The van der Waals surface area contributed by atoms with E-state index >= 15 is 0 Å². The summed E-state index contributed by atoms with van der Waals surface area (Å²) in [5, 5.41) is 9.93. The predicted octanol–water partition coefficient (Wildman–Crippen LogP) is 4.41. The van der Waals surface area contributed by atoms with Crippen molar-refractivity contribution in [3.63, 3.8) is 0 Å². The third-order valence-electron chi connectivity index (χ3n) is 2.70. The highest BCUT2D eigenvalue weighted by Crippen LogP contribution is 2.21. The molecule has 0 aliphatic carbocycles. The lowest BCUT2D eigenvalue weighted by Crippen LogP contribution is -1.85. The number of rotatable bonds is 3. The minimum Gasteiger partial charge on any atom is -0.497 e. The summed E-state index contributed by atoms with van der Waals surface area (Å²) in [6, 6.07) is 17.0. The van der Waals surface area contributed by atoms with E-state index in [2.05, 4.69) is 6.07 Å². The van der Waals surface area contributed by atoms with Crippen molar-refractivity contribution >= 4 is 23.3 Å². The van der Waals surface area contributed by atoms with Crippen LogP contribution in [0.1, 0.15) is 11.1 Å². The molecule has 0 aromatic heterocycles. The van der Waals surface area contributed by atoms with Gasteiger partial charge >= 0.3 is 0 Å². The molecule has 94 valence electrons. The minimum atomic E-state index is 0.602. The number of halogens is 1. The molecular formula is C16H12ClNO. The van der Waals surface area contributed by atoms with Gasteiger partial charge in [-0.1, -0.05) is 23.7 Å². The zero-order chi connectivity index (χ0) is 13.7. The molecule has 0 saturated heterocycles. The van der Waals surface area contributed by atoms with Crippen molar-refractivity contribution in [1.29, 1.82) is 5.26 Å². The molecule has 0 spiro atoms. The standard InChI is InChI=1S/C16H12ClNO/c1-19-16-8-4-13(5-9-16)14(11-18)10-12-2-6-15(17)7-3-12/h2-10H,1H3/b14-10-. The molecule has 0 heterocycles. The summed E-state index contributed by atoms with van der Waals surface area (Å²) in [6.45, 7) is 0. The Labute approximate surface area is 117 Å². The molecule has 0 saturated carbocycles. The summed E-state index contributed by atoms with van der Waals surface area (Å²) in [4.78, 5) is 0. The second-order valence-electron chi connectivity index (χ2n) is 3.95. The fraction of sp³-hybridized carbons (Fsp3) is 0.0625. The molecule has 0 N–H and O–H groups in total. The number of ether oxygens (including phenoxy) is 1. The molecule has 2 aromatic rings. The maximum Gasteiger partial charge on any atom is 0.118 e. The quantitative estimate of drug-likeness (QED) is 0.611. The second kappa shape index (κ2) is 6.08. The van der Waals surface area contributed by atoms with E-state index in [1.165, 1.54) is 0 Å². The van der Waals surface area contributed by atoms with E-state index in [9.17, 15) is 5.26 Å². The van der Waals surface area contributed by atoms with Crippen molar-refractivity contribution in [2.45, 2.75) is 0 Å². The lowest BCUT2D eigenvalue weighted by molar-refractivity contribution is 0.415. The molecule has 0 unspecified atom stereocenters. The van der Waals surface area contributed by atoms with Crippen LogP contribution in [0.5, 0.6) is 5.75 Å². The van der Waals surface area contributed by atoms with Crippen LogP contribution in [0.4, 0.5) is 0 Å². The summed E-state index contributed by atoms with van der Waals surface area (Å²) in [6.07, 6.45) is 1.83. The van der Waals surface area contributed by atoms with Crippen LogP contribution in [0.15, 0.2) is 48.5 Å². The Kier molecular flexibility index (Phi) is 4.22. The molecule has 0 atom stereocenters. The van der Waals surface area contributed by atoms with E-state index in [0.29, 0.717) is 10.6 Å². The maximum absolute atomic E-state index is 9.25. The summed E-state index contributed by atoms with van der Waals surface area (Å²) >= 11 is 5.83. The fourth-order valence-electron chi connectivity index (χ4n) is 1.68. The number of hydrogen-bond donors (Lipinski definition) is 0. The normalized spacial score (nSPS) is 10.9. The summed E-state index contributed by atoms with van der Waals surface area (Å²) in [7, 11) is 1.61. The summed E-state index contributed by atoms with van der Waals surface area (Å²) in [5.74, 6) is 0.771. The van der Waals surface area contributed by atoms with Gasteiger partial charge in [0.2, 0.25) is 0 Å². The molecule has 0 bridgehead atoms. The Hall–Kier alpha value is -2.24. The van der Waals surface area contributed by atoms with Crippen LogP contribution in [-0.4, -0.2) is 7.11 Å². The lowest BCUT2D eigenvalue weighted by Gasteiger charge is -2.02. The van der Waals surface area contributed by atoms with Crippen LogP contribution in [0.2, 0.25) is 5.02 Å². The highest BCUT2D eigenvalue weighted by Gasteiger charge is 2.01. The van der Waals surface area contributed by atoms with Crippen LogP contribution < -0.4 is 4.74 Å². The Morgan fingerprint density at radius 3 is 2.26 bits per heavy atom. The van der Waals surface area contributed by atoms with Crippen molar-refractivity contribution in [3.05, 3.63) is 64.7 Å². The van der Waals surface area contributed by atoms with Crippen LogP contribution in [0, 0.1) is 11.3 Å². The third-order valence-corrected chi connectivity index (χ3v) is 2.95. The molecule has 0 radical (unpaired) electrons. The van der Waals surface area contributed by atoms with E-state index in [1.54, 1.807) is 19.2 Å². The maximum atomic E-state index is 9.25. The van der Waals surface area contributed by atoms with Crippen LogP contribution in [0.25, 0.3) is 11.6 Å². The highest BCUT2D eigenvalue weighted by molar-refractivity contribution is 6.30. The van der Waals surface area contributed by atoms with E-state index in [1.807, 2.05) is 42.5 Å². The average Bonchev–Trinajstić information content (AvgIpc) is 2.47. The van der Waals surface area contributed by atoms with Crippen molar-refractivity contribution in [3.8, 4) is 11.8 Å². The molecule has 0 amide bonds. The number of methoxy groups -OCH3 is 1. The first-order chi connectivity index (χ1) is 9.22. The Morgan fingerprint density at radius 1 is 1.11 bits per heavy atom. The van der Waals surface area contributed by atoms with Gasteiger partial charge in [-0.15, -0.1) is 0 Å². The topological polar surface area (TPSA) is 33.0 Å². The Bertz CT molecular complexity index is 621. The lowest BCUT2D eigenvalue weighted by atomic mass is 10.0. The van der Waals surface area contributed by atoms with Crippen molar-refractivity contribution in [2.75, 3.05) is 7.11 Å². The summed E-state index contributed by atoms with van der Waals surface area (Å²) in [5.41, 5.74) is 2.40. The Balaban J connectivity index is 2.33. The van der Waals surface area contributed by atoms with Gasteiger partial charge in [0.15, 0.2) is 0 Å². The predicted molar refractivity (Wildman–Crippen MR) is 77.9 cm³/mol. The number of allylic oxidation sites excluding steroid dienone is 1. The molecule has 2 aromatic carbocycles. The number of nitriles is 1. The van der Waals surface area contributed by atoms with Gasteiger partial charge < -0.3 is 4.74 Å². The van der Waals surface area contributed by atoms with Gasteiger partial charge in [0.1, 0.15) is 5.75 Å². The van der Waals surface area contributed by atoms with Gasteiger partial charge in [-0.3, -0.25) is 0 Å². The van der Waals surface area contributed by atoms with Crippen LogP contribution >= 0.6 is 11.6 Å². The van der Waals surface area contributed by atoms with E-state index in [0.717, 1.165) is 16.9 Å². The molecule has 0 aliphatic rings. The number of hydrogen-bond acceptors (Lipinski definition) is 2. The van der Waals surface area contributed by atoms with Crippen LogP contribution in [0.3, 0.4) is 0 Å². The van der Waals surface area contributed by atoms with Gasteiger partial charge in [0.05, 0.1) is 18.8 Å². The molecule has 2 nitrogen and oxygen atoms in total. The van der Waals surface area contributed by atoms with Gasteiger partial charge in [-0.2, -0.15) is 5.26 Å². The molecular weight excluding hydrogens is 258 g/mol. The molecule has 3 heteroatoms. The van der Waals surface area contributed by atoms with Gasteiger partial charge in [-0.25, -0.2) is 0 Å². The zero-order valence-electron chi connectivity index (χ0n) is 10.4. The van der Waals surface area contributed by atoms with Gasteiger partial charge in [0, 0.05) is 5.02 Å². The average molecular weight is 270 g/mol. The molecule has 0 aliphatic heterocycles. The van der Waals surface area contributed by atoms with Gasteiger partial charge in [-0.05, 0) is 53.6 Å². The zero-order valence-corrected chi connectivity index (χ0v) is 11.2. The highest BCUT2D eigenvalue weighted by atomic mass is 35.5. The molecule has 19 heavy (non-hydrogen) atoms. The number of benzene rings is 2. The van der Waals surface area contributed by atoms with Crippen molar-refractivity contribution < 1.29 is 4.74 Å². The van der Waals surface area contributed by atoms with Crippen molar-refractivity contribution in [2.24, 2.45) is 0 Å². The van der Waals surface area contributed by atoms with Crippen LogP contribution in [-0.2, 0) is 0 Å². The van der Waals surface area contributed by atoms with E-state index in [-0.39, 0.29) is 0 Å². The SMILES string of the molecule is COc1ccc(/C(C#N)=C\c2ccc(Cl)cc2)cc1. The summed E-state index contributed by atoms with van der Waals surface area (Å²) < 4.78 is 5.10. The fourth-order valence-corrected chi connectivity index (χ4v) is 1.80. The van der Waals surface area contributed by atoms with E-state index < -0.39 is 0 Å². The smallest absolute Gasteiger partial charge is 0.118 e. The first-order valence-corrected chi connectivity index (χ1v) is 6.12. The van der Waals surface area contributed by atoms with Crippen molar-refractivity contribution in [1.82, 2.24) is 0 Å². The third kappa shape index (κ3) is 3.37. The monoisotopic (exact) mass is 269 g/mol. The van der Waals surface area contributed by atoms with Gasteiger partial charge in [0.25, 0.3) is 0 Å². The molecule has 0 fully saturated rings. The van der Waals surface area contributed by atoms with E-state index in [4.69, 9.17) is 16.3 Å².